The highest BCUT2D eigenvalue weighted by Crippen LogP contribution is 2.15. The lowest BCUT2D eigenvalue weighted by atomic mass is 10.2. The van der Waals surface area contributed by atoms with E-state index in [4.69, 9.17) is 16.0 Å². The summed E-state index contributed by atoms with van der Waals surface area (Å²) < 4.78 is 5.37. The van der Waals surface area contributed by atoms with Gasteiger partial charge in [-0.3, -0.25) is 0 Å². The molecule has 0 atom stereocenters. The third-order valence-electron chi connectivity index (χ3n) is 1.76. The molecule has 1 aromatic heterocycles. The van der Waals surface area contributed by atoms with Gasteiger partial charge < -0.3 is 9.73 Å². The van der Waals surface area contributed by atoms with E-state index in [0.717, 1.165) is 31.0 Å². The maximum atomic E-state index is 5.57. The molecule has 0 aromatic carbocycles. The number of rotatable bonds is 1. The Morgan fingerprint density at radius 1 is 1.64 bits per heavy atom. The molecule has 0 aliphatic carbocycles. The van der Waals surface area contributed by atoms with E-state index >= 15 is 0 Å². The van der Waals surface area contributed by atoms with Gasteiger partial charge in [0, 0.05) is 19.5 Å². The Bertz CT molecular complexity index is 235. The van der Waals surface area contributed by atoms with Crippen molar-refractivity contribution in [3.8, 4) is 0 Å². The van der Waals surface area contributed by atoms with Gasteiger partial charge in [-0.05, 0) is 0 Å². The summed E-state index contributed by atoms with van der Waals surface area (Å²) in [7, 11) is 0. The fourth-order valence-electron chi connectivity index (χ4n) is 1.24. The third-order valence-corrected chi connectivity index (χ3v) is 1.99. The largest absolute Gasteiger partial charge is 0.444 e. The van der Waals surface area contributed by atoms with E-state index in [1.807, 2.05) is 0 Å². The number of oxazole rings is 1. The normalized spacial score (nSPS) is 16.5. The number of halogens is 1. The zero-order valence-electron chi connectivity index (χ0n) is 6.06. The highest BCUT2D eigenvalue weighted by Gasteiger charge is 2.15. The molecule has 0 spiro atoms. The van der Waals surface area contributed by atoms with Crippen molar-refractivity contribution in [3.63, 3.8) is 0 Å². The van der Waals surface area contributed by atoms with Crippen LogP contribution in [0.1, 0.15) is 17.3 Å². The van der Waals surface area contributed by atoms with E-state index in [0.29, 0.717) is 11.8 Å². The van der Waals surface area contributed by atoms with Crippen molar-refractivity contribution in [2.24, 2.45) is 0 Å². The van der Waals surface area contributed by atoms with Crippen LogP contribution in [0.3, 0.4) is 0 Å². The molecule has 0 saturated heterocycles. The Labute approximate surface area is 69.8 Å². The van der Waals surface area contributed by atoms with Crippen LogP contribution in [0.5, 0.6) is 0 Å². The number of fused-ring (bicyclic) bond motifs is 1. The van der Waals surface area contributed by atoms with Crippen LogP contribution >= 0.6 is 11.6 Å². The molecule has 1 aliphatic heterocycles. The molecule has 11 heavy (non-hydrogen) atoms. The van der Waals surface area contributed by atoms with Gasteiger partial charge >= 0.3 is 0 Å². The second-order valence-electron chi connectivity index (χ2n) is 2.54. The zero-order chi connectivity index (χ0) is 7.68. The molecule has 60 valence electrons. The first-order chi connectivity index (χ1) is 5.40. The van der Waals surface area contributed by atoms with Crippen molar-refractivity contribution in [1.29, 1.82) is 0 Å². The molecule has 0 unspecified atom stereocenters. The fourth-order valence-corrected chi connectivity index (χ4v) is 1.35. The molecule has 1 N–H and O–H groups in total. The predicted molar refractivity (Wildman–Crippen MR) is 41.5 cm³/mol. The maximum absolute atomic E-state index is 5.57. The van der Waals surface area contributed by atoms with Crippen molar-refractivity contribution >= 4 is 11.6 Å². The Hall–Kier alpha value is -0.540. The zero-order valence-corrected chi connectivity index (χ0v) is 6.82. The van der Waals surface area contributed by atoms with Gasteiger partial charge in [0.05, 0.1) is 11.6 Å². The molecular weight excluding hydrogens is 164 g/mol. The molecule has 1 aromatic rings. The number of hydrogen-bond donors (Lipinski definition) is 1. The molecule has 1 aliphatic rings. The SMILES string of the molecule is ClCc1nc2c(o1)CCNC2. The Kier molecular flexibility index (Phi) is 1.84. The summed E-state index contributed by atoms with van der Waals surface area (Å²) in [5.74, 6) is 2.01. The summed E-state index contributed by atoms with van der Waals surface area (Å²) in [6.07, 6.45) is 0.930. The highest BCUT2D eigenvalue weighted by molar-refractivity contribution is 6.16. The van der Waals surface area contributed by atoms with Gasteiger partial charge in [0.1, 0.15) is 5.76 Å². The van der Waals surface area contributed by atoms with Crippen LogP contribution in [-0.2, 0) is 18.8 Å². The summed E-state index contributed by atoms with van der Waals surface area (Å²) in [6.45, 7) is 1.79. The summed E-state index contributed by atoms with van der Waals surface area (Å²) in [5.41, 5.74) is 1.02. The lowest BCUT2D eigenvalue weighted by Crippen LogP contribution is -2.22. The topological polar surface area (TPSA) is 38.1 Å². The van der Waals surface area contributed by atoms with Crippen LogP contribution in [0, 0.1) is 0 Å². The van der Waals surface area contributed by atoms with Gasteiger partial charge in [0.25, 0.3) is 0 Å². The molecule has 0 fully saturated rings. The van der Waals surface area contributed by atoms with Crippen molar-refractivity contribution in [2.75, 3.05) is 6.54 Å². The van der Waals surface area contributed by atoms with Gasteiger partial charge in [0.2, 0.25) is 5.89 Å². The summed E-state index contributed by atoms with van der Waals surface area (Å²) in [5, 5.41) is 3.21. The number of hydrogen-bond acceptors (Lipinski definition) is 3. The number of nitrogens with one attached hydrogen (secondary N) is 1. The van der Waals surface area contributed by atoms with Crippen molar-refractivity contribution in [2.45, 2.75) is 18.8 Å². The molecular formula is C7H9ClN2O. The van der Waals surface area contributed by atoms with E-state index in [9.17, 15) is 0 Å². The van der Waals surface area contributed by atoms with Crippen LogP contribution in [-0.4, -0.2) is 11.5 Å². The molecule has 2 rings (SSSR count). The average molecular weight is 173 g/mol. The third kappa shape index (κ3) is 1.26. The Morgan fingerprint density at radius 3 is 3.27 bits per heavy atom. The second kappa shape index (κ2) is 2.83. The van der Waals surface area contributed by atoms with Gasteiger partial charge in [-0.2, -0.15) is 0 Å². The smallest absolute Gasteiger partial charge is 0.209 e. The van der Waals surface area contributed by atoms with E-state index in [1.165, 1.54) is 0 Å². The van der Waals surface area contributed by atoms with Gasteiger partial charge in [-0.25, -0.2) is 4.98 Å². The summed E-state index contributed by atoms with van der Waals surface area (Å²) in [4.78, 5) is 4.21. The molecule has 2 heterocycles. The van der Waals surface area contributed by atoms with Crippen LogP contribution in [0.4, 0.5) is 0 Å². The van der Waals surface area contributed by atoms with E-state index in [-0.39, 0.29) is 0 Å². The number of aromatic nitrogens is 1. The number of nitrogens with zero attached hydrogens (tertiary/aromatic N) is 1. The first-order valence-electron chi connectivity index (χ1n) is 3.64. The lowest BCUT2D eigenvalue weighted by Gasteiger charge is -2.08. The van der Waals surface area contributed by atoms with Crippen LogP contribution in [0.2, 0.25) is 0 Å². The molecule has 3 nitrogen and oxygen atoms in total. The van der Waals surface area contributed by atoms with Crippen molar-refractivity contribution in [3.05, 3.63) is 17.3 Å². The first-order valence-corrected chi connectivity index (χ1v) is 4.18. The Balaban J connectivity index is 2.32. The maximum Gasteiger partial charge on any atom is 0.209 e. The van der Waals surface area contributed by atoms with Crippen LogP contribution < -0.4 is 5.32 Å². The molecule has 0 radical (unpaired) electrons. The standard InChI is InChI=1S/C7H9ClN2O/c8-3-7-10-5-4-9-2-1-6(5)11-7/h9H,1-4H2. The van der Waals surface area contributed by atoms with E-state index in [2.05, 4.69) is 10.3 Å². The summed E-state index contributed by atoms with van der Waals surface area (Å²) in [6, 6.07) is 0. The minimum atomic E-state index is 0.368. The lowest BCUT2D eigenvalue weighted by molar-refractivity contribution is 0.450. The highest BCUT2D eigenvalue weighted by atomic mass is 35.5. The monoisotopic (exact) mass is 172 g/mol. The predicted octanol–water partition coefficient (Wildman–Crippen LogP) is 1.06. The fraction of sp³-hybridized carbons (Fsp3) is 0.571. The van der Waals surface area contributed by atoms with Crippen molar-refractivity contribution < 1.29 is 4.42 Å². The first kappa shape index (κ1) is 7.13. The van der Waals surface area contributed by atoms with Gasteiger partial charge in [0.15, 0.2) is 0 Å². The van der Waals surface area contributed by atoms with Gasteiger partial charge in [-0.15, -0.1) is 11.6 Å². The molecule has 0 bridgehead atoms. The van der Waals surface area contributed by atoms with Gasteiger partial charge in [-0.1, -0.05) is 0 Å². The Morgan fingerprint density at radius 2 is 2.55 bits per heavy atom. The van der Waals surface area contributed by atoms with Crippen molar-refractivity contribution in [1.82, 2.24) is 10.3 Å². The quantitative estimate of drug-likeness (QED) is 0.644. The minimum absolute atomic E-state index is 0.368. The van der Waals surface area contributed by atoms with Crippen LogP contribution in [0.25, 0.3) is 0 Å². The van der Waals surface area contributed by atoms with E-state index < -0.39 is 0 Å². The molecule has 0 saturated carbocycles. The second-order valence-corrected chi connectivity index (χ2v) is 2.81. The number of alkyl halides is 1. The molecule has 4 heteroatoms. The summed E-state index contributed by atoms with van der Waals surface area (Å²) >= 11 is 5.57. The van der Waals surface area contributed by atoms with Crippen LogP contribution in [0.15, 0.2) is 4.42 Å². The van der Waals surface area contributed by atoms with E-state index in [1.54, 1.807) is 0 Å². The minimum Gasteiger partial charge on any atom is -0.444 e. The molecule has 0 amide bonds. The average Bonchev–Trinajstić information content (AvgIpc) is 2.46.